The molecule has 0 atom stereocenters. The molecular weight excluding hydrogens is 307 g/mol. The topological polar surface area (TPSA) is 51.2 Å². The molecular formula is C19H17FN2O2. The molecule has 0 aliphatic rings. The first kappa shape index (κ1) is 15.9. The van der Waals surface area contributed by atoms with Crippen molar-refractivity contribution in [2.75, 3.05) is 6.61 Å². The number of benzene rings is 2. The highest BCUT2D eigenvalue weighted by Gasteiger charge is 2.08. The lowest BCUT2D eigenvalue weighted by atomic mass is 10.2. The van der Waals surface area contributed by atoms with Crippen LogP contribution in [-0.2, 0) is 11.3 Å². The number of aromatic nitrogens is 1. The van der Waals surface area contributed by atoms with Gasteiger partial charge in [-0.3, -0.25) is 4.79 Å². The summed E-state index contributed by atoms with van der Waals surface area (Å²) in [6.07, 6.45) is 0. The quantitative estimate of drug-likeness (QED) is 0.783. The average Bonchev–Trinajstić information content (AvgIpc) is 2.59. The number of nitrogens with one attached hydrogen (secondary N) is 1. The molecule has 24 heavy (non-hydrogen) atoms. The zero-order valence-corrected chi connectivity index (χ0v) is 13.3. The number of ether oxygens (including phenoxy) is 1. The number of aryl methyl sites for hydroxylation is 1. The van der Waals surface area contributed by atoms with Crippen LogP contribution in [0.5, 0.6) is 5.75 Å². The summed E-state index contributed by atoms with van der Waals surface area (Å²) in [6.45, 7) is 1.88. The van der Waals surface area contributed by atoms with Gasteiger partial charge in [-0.1, -0.05) is 36.4 Å². The Labute approximate surface area is 139 Å². The molecule has 3 aromatic rings. The smallest absolute Gasteiger partial charge is 0.258 e. The fourth-order valence-electron chi connectivity index (χ4n) is 2.36. The highest BCUT2D eigenvalue weighted by molar-refractivity contribution is 5.85. The number of nitrogens with zero attached hydrogens (tertiary/aromatic N) is 1. The van der Waals surface area contributed by atoms with Crippen molar-refractivity contribution < 1.29 is 13.9 Å². The van der Waals surface area contributed by atoms with E-state index in [0.717, 1.165) is 16.6 Å². The summed E-state index contributed by atoms with van der Waals surface area (Å²) in [5.74, 6) is -0.104. The van der Waals surface area contributed by atoms with Gasteiger partial charge in [-0.15, -0.1) is 0 Å². The second-order valence-corrected chi connectivity index (χ2v) is 5.44. The van der Waals surface area contributed by atoms with E-state index in [-0.39, 0.29) is 24.9 Å². The third kappa shape index (κ3) is 3.68. The molecule has 2 aromatic carbocycles. The Morgan fingerprint density at radius 2 is 1.96 bits per heavy atom. The van der Waals surface area contributed by atoms with Crippen molar-refractivity contribution in [2.24, 2.45) is 0 Å². The normalized spacial score (nSPS) is 10.6. The van der Waals surface area contributed by atoms with Gasteiger partial charge in [-0.2, -0.15) is 0 Å². The van der Waals surface area contributed by atoms with Crippen LogP contribution in [0.25, 0.3) is 10.9 Å². The van der Waals surface area contributed by atoms with Crippen LogP contribution in [0, 0.1) is 12.7 Å². The van der Waals surface area contributed by atoms with Crippen LogP contribution < -0.4 is 10.1 Å². The van der Waals surface area contributed by atoms with E-state index in [0.29, 0.717) is 11.3 Å². The molecule has 0 radical (unpaired) electrons. The molecule has 0 bridgehead atoms. The van der Waals surface area contributed by atoms with Crippen LogP contribution in [0.4, 0.5) is 4.39 Å². The molecule has 4 nitrogen and oxygen atoms in total. The Hall–Kier alpha value is -2.95. The molecule has 0 saturated carbocycles. The average molecular weight is 324 g/mol. The summed E-state index contributed by atoms with van der Waals surface area (Å²) in [5.41, 5.74) is 2.04. The molecule has 1 amide bonds. The van der Waals surface area contributed by atoms with Crippen LogP contribution in [0.1, 0.15) is 11.3 Å². The van der Waals surface area contributed by atoms with Gasteiger partial charge in [0.1, 0.15) is 17.1 Å². The zero-order valence-electron chi connectivity index (χ0n) is 13.3. The fraction of sp³-hybridized carbons (Fsp3) is 0.158. The largest absolute Gasteiger partial charge is 0.481 e. The summed E-state index contributed by atoms with van der Waals surface area (Å²) in [4.78, 5) is 16.4. The number of halogens is 1. The maximum atomic E-state index is 13.5. The third-order valence-corrected chi connectivity index (χ3v) is 3.62. The van der Waals surface area contributed by atoms with Gasteiger partial charge in [0.15, 0.2) is 6.61 Å². The molecule has 0 aliphatic heterocycles. The molecule has 0 aliphatic carbocycles. The van der Waals surface area contributed by atoms with E-state index in [9.17, 15) is 9.18 Å². The molecule has 1 heterocycles. The van der Waals surface area contributed by atoms with E-state index in [1.165, 1.54) is 6.07 Å². The minimum atomic E-state index is -0.340. The molecule has 0 unspecified atom stereocenters. The highest BCUT2D eigenvalue weighted by Crippen LogP contribution is 2.23. The minimum Gasteiger partial charge on any atom is -0.481 e. The van der Waals surface area contributed by atoms with Crippen LogP contribution in [0.3, 0.4) is 0 Å². The maximum absolute atomic E-state index is 13.5. The Morgan fingerprint density at radius 1 is 1.12 bits per heavy atom. The van der Waals surface area contributed by atoms with Crippen molar-refractivity contribution in [1.29, 1.82) is 0 Å². The van der Waals surface area contributed by atoms with Crippen LogP contribution in [0.15, 0.2) is 54.6 Å². The van der Waals surface area contributed by atoms with Crippen molar-refractivity contribution in [3.05, 3.63) is 71.7 Å². The van der Waals surface area contributed by atoms with Crippen LogP contribution in [0.2, 0.25) is 0 Å². The number of hydrogen-bond donors (Lipinski definition) is 1. The van der Waals surface area contributed by atoms with Crippen molar-refractivity contribution in [1.82, 2.24) is 10.3 Å². The first-order chi connectivity index (χ1) is 11.6. The van der Waals surface area contributed by atoms with E-state index < -0.39 is 0 Å². The van der Waals surface area contributed by atoms with E-state index >= 15 is 0 Å². The monoisotopic (exact) mass is 324 g/mol. The highest BCUT2D eigenvalue weighted by atomic mass is 19.1. The van der Waals surface area contributed by atoms with E-state index in [2.05, 4.69) is 10.3 Å². The van der Waals surface area contributed by atoms with Gasteiger partial charge in [0, 0.05) is 23.2 Å². The van der Waals surface area contributed by atoms with Crippen molar-refractivity contribution >= 4 is 16.8 Å². The lowest BCUT2D eigenvalue weighted by Gasteiger charge is -2.10. The molecule has 5 heteroatoms. The van der Waals surface area contributed by atoms with E-state index in [1.54, 1.807) is 24.3 Å². The predicted octanol–water partition coefficient (Wildman–Crippen LogP) is 3.38. The summed E-state index contributed by atoms with van der Waals surface area (Å²) in [7, 11) is 0. The van der Waals surface area contributed by atoms with Gasteiger partial charge in [0.25, 0.3) is 5.91 Å². The second-order valence-electron chi connectivity index (χ2n) is 5.44. The van der Waals surface area contributed by atoms with Gasteiger partial charge in [-0.05, 0) is 25.1 Å². The Kier molecular flexibility index (Phi) is 4.70. The van der Waals surface area contributed by atoms with E-state index in [1.807, 2.05) is 31.2 Å². The number of amides is 1. The fourth-order valence-corrected chi connectivity index (χ4v) is 2.36. The summed E-state index contributed by atoms with van der Waals surface area (Å²) < 4.78 is 19.1. The molecule has 3 rings (SSSR count). The number of rotatable bonds is 5. The molecule has 0 fully saturated rings. The number of para-hydroxylation sites is 1. The van der Waals surface area contributed by atoms with E-state index in [4.69, 9.17) is 4.74 Å². The van der Waals surface area contributed by atoms with Gasteiger partial charge in [0.2, 0.25) is 0 Å². The molecule has 0 spiro atoms. The molecule has 122 valence electrons. The van der Waals surface area contributed by atoms with Gasteiger partial charge in [0.05, 0.1) is 0 Å². The van der Waals surface area contributed by atoms with Crippen molar-refractivity contribution in [2.45, 2.75) is 13.5 Å². The number of carbonyl (C=O) groups excluding carboxylic acids is 1. The van der Waals surface area contributed by atoms with Crippen molar-refractivity contribution in [3.8, 4) is 5.75 Å². The number of hydrogen-bond acceptors (Lipinski definition) is 3. The van der Waals surface area contributed by atoms with Crippen molar-refractivity contribution in [3.63, 3.8) is 0 Å². The molecule has 0 saturated heterocycles. The SMILES string of the molecule is Cc1ccc2cccc(OCC(=O)NCc3ccccc3F)c2n1. The Bertz CT molecular complexity index is 880. The zero-order chi connectivity index (χ0) is 16.9. The number of fused-ring (bicyclic) bond motifs is 1. The Balaban J connectivity index is 1.62. The standard InChI is InChI=1S/C19H17FN2O2/c1-13-9-10-14-6-4-8-17(19(14)22-13)24-12-18(23)21-11-15-5-2-3-7-16(15)20/h2-10H,11-12H2,1H3,(H,21,23). The van der Waals surface area contributed by atoms with Crippen LogP contribution >= 0.6 is 0 Å². The predicted molar refractivity (Wildman–Crippen MR) is 90.2 cm³/mol. The second kappa shape index (κ2) is 7.08. The lowest BCUT2D eigenvalue weighted by Crippen LogP contribution is -2.28. The van der Waals surface area contributed by atoms with Crippen LogP contribution in [-0.4, -0.2) is 17.5 Å². The lowest BCUT2D eigenvalue weighted by molar-refractivity contribution is -0.123. The third-order valence-electron chi connectivity index (χ3n) is 3.62. The summed E-state index contributed by atoms with van der Waals surface area (Å²) in [5, 5.41) is 3.59. The first-order valence-corrected chi connectivity index (χ1v) is 7.63. The molecule has 1 N–H and O–H groups in total. The van der Waals surface area contributed by atoms with Gasteiger partial charge < -0.3 is 10.1 Å². The Morgan fingerprint density at radius 3 is 2.79 bits per heavy atom. The summed E-state index contributed by atoms with van der Waals surface area (Å²) >= 11 is 0. The number of pyridine rings is 1. The molecule has 1 aromatic heterocycles. The van der Waals surface area contributed by atoms with Gasteiger partial charge >= 0.3 is 0 Å². The van der Waals surface area contributed by atoms with Gasteiger partial charge in [-0.25, -0.2) is 9.37 Å². The summed E-state index contributed by atoms with van der Waals surface area (Å²) in [6, 6.07) is 15.8. The maximum Gasteiger partial charge on any atom is 0.258 e. The first-order valence-electron chi connectivity index (χ1n) is 7.63. The minimum absolute atomic E-state index is 0.127. The number of carbonyl (C=O) groups is 1.